The molecule has 0 spiro atoms. The standard InChI is InChI=1S/C16H24N2O4.C13H17NO4.C12H15NO4.C11H16N2O2.C7H14O4S.C7H6O4.C6H11N3O.C6H13NO.C6H12O2/c1-16(2,3)22-15(20)17-13-8-6-9-18(14(13)19)11-12-7-4-5-10-21-12;1-17-13(16)11-6-4-7-14(12(11)15)9-10-5-2-3-8-18-10;14-11-10(12(15)16)5-3-6-13(11)8-9-4-1-2-7-17-9;12-10-5-3-6-13(11(10)14)8-9-4-1-2-7-15-9;1-12(8,9)11-6-7-4-2-3-5-10-7;1-10-6(8)5-3-2-4-11-7(5)9;7-9-8-5-6-3-1-2-4-10-6;2*7-5-6-3-1-2-4-8-6/h6,8-9,12H,4-5,7,10-11H2,1-3H3,(H,17,20);4,6-7,10H,2-3,5,8-9H2,1H3;3,5-6,9H,1-2,4,7-8H2,(H,15,16);3,5-6,9H,1-2,4,7-8,12H2;7H,2-6H2,1H3;2-4H,1H3;6H,1-5H2;6H,1-5,7H2;6-7H,1-5H2. The Hall–Kier alpha value is -8.95. The molecule has 0 radical (unpaired) electrons. The highest BCUT2D eigenvalue weighted by atomic mass is 32.2. The molecular weight excluding hydrogens is 1600 g/mol. The summed E-state index contributed by atoms with van der Waals surface area (Å²) in [6.07, 6.45) is 35.6. The Balaban J connectivity index is 0.000000246. The Labute approximate surface area is 706 Å². The van der Waals surface area contributed by atoms with Crippen LogP contribution in [0.25, 0.3) is 10.4 Å². The third-order valence-electron chi connectivity index (χ3n) is 19.6. The maximum absolute atomic E-state index is 12.4. The van der Waals surface area contributed by atoms with Crippen LogP contribution in [-0.4, -0.2) is 215 Å². The monoisotopic (exact) mass is 1720 g/mol. The van der Waals surface area contributed by atoms with E-state index in [0.29, 0.717) is 51.1 Å². The molecule has 5 aromatic rings. The smallest absolute Gasteiger partial charge is 0.412 e. The summed E-state index contributed by atoms with van der Waals surface area (Å²) in [7, 11) is -0.833. The van der Waals surface area contributed by atoms with Crippen molar-refractivity contribution in [2.75, 3.05) is 111 Å². The Bertz CT molecular complexity index is 4270. The van der Waals surface area contributed by atoms with Crippen LogP contribution in [0.1, 0.15) is 206 Å². The van der Waals surface area contributed by atoms with Crippen LogP contribution in [0.4, 0.5) is 16.2 Å². The van der Waals surface area contributed by atoms with E-state index in [1.165, 1.54) is 86.0 Å². The highest BCUT2D eigenvalue weighted by molar-refractivity contribution is 7.86. The second-order valence-electron chi connectivity index (χ2n) is 30.5. The van der Waals surface area contributed by atoms with Crippen LogP contribution in [0, 0.1) is 0 Å². The number of nitrogens with two attached hydrogens (primary N) is 2. The lowest BCUT2D eigenvalue weighted by molar-refractivity contribution is -0.0172. The highest BCUT2D eigenvalue weighted by Gasteiger charge is 2.24. The first kappa shape index (κ1) is 103. The molecule has 7 N–H and O–H groups in total. The van der Waals surface area contributed by atoms with Crippen LogP contribution in [0.5, 0.6) is 0 Å². The van der Waals surface area contributed by atoms with Crippen LogP contribution in [0.15, 0.2) is 125 Å². The van der Waals surface area contributed by atoms with E-state index in [0.717, 1.165) is 181 Å². The molecule has 121 heavy (non-hydrogen) atoms. The summed E-state index contributed by atoms with van der Waals surface area (Å²) < 4.78 is 93.9. The van der Waals surface area contributed by atoms with Gasteiger partial charge in [0.15, 0.2) is 0 Å². The van der Waals surface area contributed by atoms with Crippen molar-refractivity contribution in [2.24, 2.45) is 10.8 Å². The number of carboxylic acids is 1. The van der Waals surface area contributed by atoms with E-state index in [9.17, 15) is 51.6 Å². The number of hydrogen-bond acceptors (Lipinski definition) is 28. The molecule has 676 valence electrons. The first-order valence-corrected chi connectivity index (χ1v) is 43.6. The number of esters is 2. The zero-order valence-corrected chi connectivity index (χ0v) is 71.8. The number of carbonyl (C=O) groups excluding carboxylic acids is 3. The Kier molecular flexibility index (Phi) is 49.3. The number of ether oxygens (including phenoxy) is 11. The summed E-state index contributed by atoms with van der Waals surface area (Å²) in [5.41, 5.74) is 16.8. The molecule has 0 aromatic carbocycles. The van der Waals surface area contributed by atoms with Gasteiger partial charge in [-0.15, -0.1) is 0 Å². The summed E-state index contributed by atoms with van der Waals surface area (Å²) >= 11 is 0. The molecule has 0 saturated carbocycles. The summed E-state index contributed by atoms with van der Waals surface area (Å²) in [4.78, 5) is 106. The van der Waals surface area contributed by atoms with Gasteiger partial charge < -0.3 is 96.5 Å². The van der Waals surface area contributed by atoms with Crippen LogP contribution in [0.3, 0.4) is 0 Å². The van der Waals surface area contributed by atoms with Crippen molar-refractivity contribution in [1.82, 2.24) is 18.3 Å². The van der Waals surface area contributed by atoms with Gasteiger partial charge in [-0.2, -0.15) is 8.42 Å². The normalized spacial score (nSPS) is 21.3. The maximum Gasteiger partial charge on any atom is 0.412 e. The number of methoxy groups -OCH3 is 2. The van der Waals surface area contributed by atoms with Gasteiger partial charge >= 0.3 is 29.6 Å². The van der Waals surface area contributed by atoms with Crippen LogP contribution >= 0.6 is 0 Å². The molecule has 0 aliphatic carbocycles. The first-order valence-electron chi connectivity index (χ1n) is 41.8. The molecule has 37 heteroatoms. The van der Waals surface area contributed by atoms with Crippen molar-refractivity contribution >= 4 is 45.5 Å². The quantitative estimate of drug-likeness (QED) is 0.0128. The predicted octanol–water partition coefficient (Wildman–Crippen LogP) is 9.97. The van der Waals surface area contributed by atoms with Crippen LogP contribution < -0.4 is 44.6 Å². The molecule has 13 rings (SSSR count). The Morgan fingerprint density at radius 2 is 0.876 bits per heavy atom. The average Bonchev–Trinajstić information content (AvgIpc) is 0.843. The highest BCUT2D eigenvalue weighted by Crippen LogP contribution is 2.21. The minimum absolute atomic E-state index is 0.0190. The lowest BCUT2D eigenvalue weighted by atomic mass is 10.1. The average molecular weight is 1730 g/mol. The third kappa shape index (κ3) is 42.1. The van der Waals surface area contributed by atoms with Crippen LogP contribution in [0.2, 0.25) is 0 Å². The number of rotatable bonds is 19. The molecule has 5 aromatic heterocycles. The van der Waals surface area contributed by atoms with Gasteiger partial charge in [-0.25, -0.2) is 24.0 Å². The molecule has 13 heterocycles. The number of aromatic nitrogens is 4. The minimum Gasteiger partial charge on any atom is -0.477 e. The van der Waals surface area contributed by atoms with E-state index in [1.807, 2.05) is 0 Å². The summed E-state index contributed by atoms with van der Waals surface area (Å²) in [6, 6.07) is 15.6. The third-order valence-corrected chi connectivity index (χ3v) is 20.2. The fourth-order valence-electron chi connectivity index (χ4n) is 13.2. The fourth-order valence-corrected chi connectivity index (χ4v) is 13.6. The van der Waals surface area contributed by atoms with Gasteiger partial charge in [0.2, 0.25) is 0 Å². The van der Waals surface area contributed by atoms with Gasteiger partial charge in [-0.1, -0.05) is 5.11 Å². The molecule has 36 nitrogen and oxygen atoms in total. The molecule has 1 amide bonds. The molecule has 8 saturated heterocycles. The Morgan fingerprint density at radius 3 is 1.24 bits per heavy atom. The molecule has 8 fully saturated rings. The second kappa shape index (κ2) is 58.2. The maximum atomic E-state index is 12.4. The molecule has 8 unspecified atom stereocenters. The number of aliphatic hydroxyl groups excluding tert-OH is 1. The minimum atomic E-state index is -3.30. The van der Waals surface area contributed by atoms with Crippen molar-refractivity contribution in [1.29, 1.82) is 0 Å². The SMILES string of the molecule is CC(C)(C)OC(=O)Nc1cccn(CC2CCCCO2)c1=O.COC(=O)c1cccn(CC2CCCCO2)c1=O.COC(=O)c1cccoc1=O.CS(=O)(=O)OCC1CCCCO1.NCC1CCCCO1.Nc1cccn(CC2CCCCO2)c1=O.O=C(O)c1cccn(CC2CCCCO2)c1=O.OCC1CCCCO1.[N-]=[N+]=NCC1CCCCO1. The molecule has 8 aliphatic heterocycles. The van der Waals surface area contributed by atoms with Gasteiger partial charge in [-0.3, -0.25) is 28.7 Å². The number of anilines is 2. The zero-order chi connectivity index (χ0) is 88.2. The lowest BCUT2D eigenvalue weighted by Crippen LogP contribution is -2.33. The topological polar surface area (TPSA) is 485 Å². The summed E-state index contributed by atoms with van der Waals surface area (Å²) in [5, 5.41) is 23.4. The van der Waals surface area contributed by atoms with E-state index in [-0.39, 0.29) is 95.0 Å². The van der Waals surface area contributed by atoms with E-state index < -0.39 is 50.9 Å². The fraction of sp³-hybridized carbons (Fsp3) is 0.655. The van der Waals surface area contributed by atoms with Crippen molar-refractivity contribution in [2.45, 2.75) is 255 Å². The number of amides is 1. The zero-order valence-electron chi connectivity index (χ0n) is 70.9. The number of nitrogens with one attached hydrogen (secondary N) is 1. The number of nitrogens with zero attached hydrogens (tertiary/aromatic N) is 7. The number of carboxylic acid groups (broad SMARTS) is 1. The first-order chi connectivity index (χ1) is 58.1. The van der Waals surface area contributed by atoms with E-state index in [2.05, 4.69) is 33.4 Å². The van der Waals surface area contributed by atoms with Crippen LogP contribution in [-0.2, 0) is 92.6 Å². The lowest BCUT2D eigenvalue weighted by Gasteiger charge is -2.23. The number of hydrogen-bond donors (Lipinski definition) is 5. The number of pyridine rings is 4. The van der Waals surface area contributed by atoms with Crippen molar-refractivity contribution in [3.05, 3.63) is 171 Å². The van der Waals surface area contributed by atoms with Crippen molar-refractivity contribution in [3.63, 3.8) is 0 Å². The summed E-state index contributed by atoms with van der Waals surface area (Å²) in [6.45, 7) is 15.2. The second-order valence-corrected chi connectivity index (χ2v) is 32.2. The van der Waals surface area contributed by atoms with Crippen molar-refractivity contribution in [3.8, 4) is 0 Å². The van der Waals surface area contributed by atoms with Gasteiger partial charge in [0, 0.05) is 89.1 Å². The van der Waals surface area contributed by atoms with Gasteiger partial charge in [0.05, 0.1) is 127 Å². The Morgan fingerprint density at radius 1 is 0.512 bits per heavy atom. The number of nitrogen functional groups attached to an aromatic ring is 1. The summed E-state index contributed by atoms with van der Waals surface area (Å²) in [5.74, 6) is -2.47. The van der Waals surface area contributed by atoms with Gasteiger partial charge in [-0.05, 0) is 241 Å². The molecular formula is C84H128N10O26S. The number of aliphatic hydroxyl groups is 1. The predicted molar refractivity (Wildman–Crippen MR) is 451 cm³/mol. The largest absolute Gasteiger partial charge is 0.477 e. The van der Waals surface area contributed by atoms with Gasteiger partial charge in [0.25, 0.3) is 32.4 Å². The number of azide groups is 1. The number of aromatic carboxylic acids is 1. The van der Waals surface area contributed by atoms with Gasteiger partial charge in [0.1, 0.15) is 28.0 Å². The van der Waals surface area contributed by atoms with E-state index in [1.54, 1.807) is 91.1 Å². The number of carbonyl (C=O) groups is 4. The van der Waals surface area contributed by atoms with E-state index in [4.69, 9.17) is 69.8 Å². The molecule has 8 atom stereocenters. The molecule has 0 bridgehead atoms. The molecule has 8 aliphatic rings. The van der Waals surface area contributed by atoms with E-state index >= 15 is 0 Å². The van der Waals surface area contributed by atoms with Crippen molar-refractivity contribution < 1.29 is 98.5 Å².